The van der Waals surface area contributed by atoms with E-state index < -0.39 is 17.6 Å². The monoisotopic (exact) mass is 750 g/mol. The lowest BCUT2D eigenvalue weighted by atomic mass is 9.83. The minimum absolute atomic E-state index is 0.153. The van der Waals surface area contributed by atoms with Crippen LogP contribution in [0.3, 0.4) is 0 Å². The number of para-hydroxylation sites is 1. The third-order valence-electron chi connectivity index (χ3n) is 11.8. The average Bonchev–Trinajstić information content (AvgIpc) is 3.69. The zero-order valence-electron chi connectivity index (χ0n) is 31.9. The molecule has 1 saturated carbocycles. The van der Waals surface area contributed by atoms with Crippen LogP contribution in [0, 0.1) is 5.92 Å². The van der Waals surface area contributed by atoms with Crippen LogP contribution in [0.2, 0.25) is 0 Å². The Bertz CT molecular complexity index is 2380. The first-order valence-electron chi connectivity index (χ1n) is 19.1. The van der Waals surface area contributed by atoms with Gasteiger partial charge in [-0.1, -0.05) is 18.2 Å². The van der Waals surface area contributed by atoms with E-state index in [1.54, 1.807) is 48.5 Å². The summed E-state index contributed by atoms with van der Waals surface area (Å²) in [6, 6.07) is 14.1. The van der Waals surface area contributed by atoms with Gasteiger partial charge in [0.15, 0.2) is 0 Å². The summed E-state index contributed by atoms with van der Waals surface area (Å²) in [4.78, 5) is 59.6. The van der Waals surface area contributed by atoms with E-state index in [0.29, 0.717) is 29.7 Å². The maximum atomic E-state index is 14.6. The number of amides is 3. The largest absolute Gasteiger partial charge is 0.494 e. The highest BCUT2D eigenvalue weighted by molar-refractivity contribution is 6.06. The highest BCUT2D eigenvalue weighted by atomic mass is 19.1. The number of nitrogens with one attached hydrogen (secondary N) is 1. The number of anilines is 1. The molecule has 2 aromatic carbocycles. The van der Waals surface area contributed by atoms with Crippen LogP contribution >= 0.6 is 0 Å². The molecule has 2 saturated heterocycles. The summed E-state index contributed by atoms with van der Waals surface area (Å²) in [6.45, 7) is 5.69. The average molecular weight is 751 g/mol. The van der Waals surface area contributed by atoms with Gasteiger partial charge in [0.05, 0.1) is 41.1 Å². The van der Waals surface area contributed by atoms with Crippen molar-refractivity contribution in [1.29, 1.82) is 0 Å². The number of hydrogen-bond acceptors (Lipinski definition) is 8. The van der Waals surface area contributed by atoms with Crippen molar-refractivity contribution in [2.45, 2.75) is 76.0 Å². The van der Waals surface area contributed by atoms with Crippen LogP contribution < -0.4 is 20.6 Å². The van der Waals surface area contributed by atoms with Crippen molar-refractivity contribution in [2.75, 3.05) is 38.7 Å². The normalized spacial score (nSPS) is 21.2. The van der Waals surface area contributed by atoms with Gasteiger partial charge in [-0.25, -0.2) is 14.2 Å². The summed E-state index contributed by atoms with van der Waals surface area (Å²) in [5, 5.41) is 8.21. The number of ether oxygens (including phenoxy) is 1. The summed E-state index contributed by atoms with van der Waals surface area (Å²) >= 11 is 0. The number of fused-ring (bicyclic) bond motifs is 2. The van der Waals surface area contributed by atoms with Gasteiger partial charge in [0.1, 0.15) is 23.2 Å². The van der Waals surface area contributed by atoms with Crippen LogP contribution in [-0.4, -0.2) is 80.3 Å². The number of carbonyl (C=O) groups is 3. The molecular formula is C41H47FN8O5. The molecule has 0 spiro atoms. The third-order valence-corrected chi connectivity index (χ3v) is 11.8. The van der Waals surface area contributed by atoms with Crippen molar-refractivity contribution in [3.05, 3.63) is 82.2 Å². The zero-order valence-corrected chi connectivity index (χ0v) is 31.9. The molecule has 3 aromatic heterocycles. The highest BCUT2D eigenvalue weighted by Gasteiger charge is 2.36. The number of pyridine rings is 1. The summed E-state index contributed by atoms with van der Waals surface area (Å²) < 4.78 is 25.6. The Morgan fingerprint density at radius 3 is 2.49 bits per heavy atom. The molecule has 5 heterocycles. The quantitative estimate of drug-likeness (QED) is 0.199. The van der Waals surface area contributed by atoms with Gasteiger partial charge in [0.25, 0.3) is 5.91 Å². The third kappa shape index (κ3) is 6.70. The number of alkyl halides is 1. The Balaban J connectivity index is 0.900. The van der Waals surface area contributed by atoms with Crippen LogP contribution in [0.25, 0.3) is 21.9 Å². The molecule has 1 N–H and O–H groups in total. The minimum Gasteiger partial charge on any atom is -0.494 e. The molecule has 55 heavy (non-hydrogen) atoms. The molecule has 1 unspecified atom stereocenters. The molecule has 1 atom stereocenters. The van der Waals surface area contributed by atoms with Crippen LogP contribution in [0.15, 0.2) is 59.5 Å². The van der Waals surface area contributed by atoms with E-state index in [-0.39, 0.29) is 41.4 Å². The van der Waals surface area contributed by atoms with Crippen molar-refractivity contribution < 1.29 is 23.5 Å². The Labute approximate surface area is 318 Å². The molecule has 5 aromatic rings. The van der Waals surface area contributed by atoms with E-state index in [4.69, 9.17) is 9.84 Å². The van der Waals surface area contributed by atoms with Gasteiger partial charge in [0.2, 0.25) is 11.8 Å². The van der Waals surface area contributed by atoms with E-state index in [0.717, 1.165) is 72.8 Å². The van der Waals surface area contributed by atoms with Gasteiger partial charge in [-0.3, -0.25) is 33.5 Å². The SMILES string of the molecule is COc1cc2nn(C3CCC(CN4CC(c5cccc6c5n(C)c(=O)n6C5CCC(=O)NC5=O)C4)CC3)cc2cc1N(C)C(=O)c1cccc(C(C)(C)F)n1. The lowest BCUT2D eigenvalue weighted by Crippen LogP contribution is -2.47. The van der Waals surface area contributed by atoms with Gasteiger partial charge in [-0.15, -0.1) is 0 Å². The first-order chi connectivity index (χ1) is 26.3. The molecule has 288 valence electrons. The van der Waals surface area contributed by atoms with E-state index in [2.05, 4.69) is 25.9 Å². The molecule has 3 aliphatic rings. The standard InChI is InChI=1S/C41H47FN8O5/c1-41(2,42)35-11-7-9-29(43-35)39(53)46(3)33-18-25-23-49(45-30(25)19-34(33)55-5)27-14-12-24(13-15-27)20-48-21-26(22-48)28-8-6-10-31-37(28)47(4)40(54)50(31)32-16-17-36(51)44-38(32)52/h6-11,18-19,23-24,26-27,32H,12-17,20-22H2,1-5H3,(H,44,51,52). The molecule has 3 amide bonds. The molecule has 2 aliphatic heterocycles. The summed E-state index contributed by atoms with van der Waals surface area (Å²) in [5.41, 5.74) is 2.52. The van der Waals surface area contributed by atoms with E-state index >= 15 is 0 Å². The van der Waals surface area contributed by atoms with Crippen molar-refractivity contribution in [3.63, 3.8) is 0 Å². The number of piperidine rings is 1. The van der Waals surface area contributed by atoms with Gasteiger partial charge in [-0.2, -0.15) is 5.10 Å². The fraction of sp³-hybridized carbons (Fsp3) is 0.463. The van der Waals surface area contributed by atoms with Crippen LogP contribution in [0.4, 0.5) is 10.1 Å². The smallest absolute Gasteiger partial charge is 0.329 e. The molecule has 0 radical (unpaired) electrons. The molecule has 8 rings (SSSR count). The summed E-state index contributed by atoms with van der Waals surface area (Å²) in [7, 11) is 4.99. The number of rotatable bonds is 9. The second-order valence-electron chi connectivity index (χ2n) is 15.9. The Kier molecular flexibility index (Phi) is 9.35. The van der Waals surface area contributed by atoms with Gasteiger partial charge < -0.3 is 14.5 Å². The molecular weight excluding hydrogens is 704 g/mol. The van der Waals surface area contributed by atoms with Gasteiger partial charge in [-0.05, 0) is 81.7 Å². The Hall–Kier alpha value is -5.37. The number of imidazole rings is 1. The molecule has 14 heteroatoms. The number of likely N-dealkylation sites (tertiary alicyclic amines) is 1. The van der Waals surface area contributed by atoms with Crippen molar-refractivity contribution in [2.24, 2.45) is 13.0 Å². The Morgan fingerprint density at radius 2 is 1.78 bits per heavy atom. The molecule has 13 nitrogen and oxygen atoms in total. The second kappa shape index (κ2) is 14.0. The van der Waals surface area contributed by atoms with Crippen LogP contribution in [0.5, 0.6) is 5.75 Å². The lowest BCUT2D eigenvalue weighted by Gasteiger charge is -2.43. The van der Waals surface area contributed by atoms with E-state index in [1.165, 1.54) is 18.7 Å². The fourth-order valence-electron chi connectivity index (χ4n) is 8.74. The highest BCUT2D eigenvalue weighted by Crippen LogP contribution is 2.39. The maximum absolute atomic E-state index is 14.6. The predicted molar refractivity (Wildman–Crippen MR) is 206 cm³/mol. The number of imide groups is 1. The summed E-state index contributed by atoms with van der Waals surface area (Å²) in [5.74, 6) is 0.295. The fourth-order valence-corrected chi connectivity index (χ4v) is 8.74. The number of benzene rings is 2. The number of aromatic nitrogens is 5. The predicted octanol–water partition coefficient (Wildman–Crippen LogP) is 5.38. The van der Waals surface area contributed by atoms with E-state index in [1.807, 2.05) is 30.5 Å². The Morgan fingerprint density at radius 1 is 1.04 bits per heavy atom. The maximum Gasteiger partial charge on any atom is 0.329 e. The topological polar surface area (TPSA) is 137 Å². The molecule has 3 fully saturated rings. The zero-order chi connectivity index (χ0) is 38.8. The van der Waals surface area contributed by atoms with Crippen LogP contribution in [0.1, 0.15) is 92.1 Å². The number of aryl methyl sites for hydroxylation is 1. The first-order valence-corrected chi connectivity index (χ1v) is 19.1. The second-order valence-corrected chi connectivity index (χ2v) is 15.9. The number of carbonyl (C=O) groups excluding carboxylic acids is 3. The van der Waals surface area contributed by atoms with Crippen molar-refractivity contribution in [1.82, 2.24) is 34.1 Å². The minimum atomic E-state index is -1.67. The number of methoxy groups -OCH3 is 1. The number of nitrogens with zero attached hydrogens (tertiary/aromatic N) is 7. The first kappa shape index (κ1) is 36.6. The number of halogens is 1. The lowest BCUT2D eigenvalue weighted by molar-refractivity contribution is -0.135. The molecule has 1 aliphatic carbocycles. The van der Waals surface area contributed by atoms with Crippen molar-refractivity contribution in [3.8, 4) is 5.75 Å². The van der Waals surface area contributed by atoms with Crippen LogP contribution in [-0.2, 0) is 22.3 Å². The van der Waals surface area contributed by atoms with E-state index in [9.17, 15) is 23.6 Å². The number of hydrogen-bond donors (Lipinski definition) is 1. The summed E-state index contributed by atoms with van der Waals surface area (Å²) in [6.07, 6.45) is 6.79. The molecule has 0 bridgehead atoms. The van der Waals surface area contributed by atoms with Gasteiger partial charge >= 0.3 is 5.69 Å². The van der Waals surface area contributed by atoms with Gasteiger partial charge in [0, 0.05) is 63.7 Å². The van der Waals surface area contributed by atoms with Crippen molar-refractivity contribution >= 4 is 45.3 Å².